The third kappa shape index (κ3) is 1.92. The molecular formula is C12H16O3. The molecule has 2 rings (SSSR count). The van der Waals surface area contributed by atoms with E-state index in [2.05, 4.69) is 13.8 Å². The SMILES string of the molecule is CC(C)c1cc2c(cc1CCO)OCO2. The van der Waals surface area contributed by atoms with Gasteiger partial charge in [0.25, 0.3) is 0 Å². The lowest BCUT2D eigenvalue weighted by molar-refractivity contribution is 0.174. The van der Waals surface area contributed by atoms with Crippen LogP contribution < -0.4 is 9.47 Å². The molecule has 0 radical (unpaired) electrons. The zero-order valence-electron chi connectivity index (χ0n) is 9.12. The summed E-state index contributed by atoms with van der Waals surface area (Å²) < 4.78 is 10.7. The lowest BCUT2D eigenvalue weighted by Gasteiger charge is -2.13. The maximum Gasteiger partial charge on any atom is 0.231 e. The van der Waals surface area contributed by atoms with Crippen molar-refractivity contribution in [1.82, 2.24) is 0 Å². The summed E-state index contributed by atoms with van der Waals surface area (Å²) in [6.07, 6.45) is 0.671. The molecule has 0 unspecified atom stereocenters. The van der Waals surface area contributed by atoms with Crippen molar-refractivity contribution in [3.8, 4) is 11.5 Å². The largest absolute Gasteiger partial charge is 0.454 e. The van der Waals surface area contributed by atoms with Crippen molar-refractivity contribution in [3.05, 3.63) is 23.3 Å². The first-order chi connectivity index (χ1) is 7.22. The van der Waals surface area contributed by atoms with Crippen LogP contribution in [0.5, 0.6) is 11.5 Å². The van der Waals surface area contributed by atoms with Crippen LogP contribution >= 0.6 is 0 Å². The van der Waals surface area contributed by atoms with Crippen molar-refractivity contribution < 1.29 is 14.6 Å². The zero-order chi connectivity index (χ0) is 10.8. The van der Waals surface area contributed by atoms with Gasteiger partial charge in [-0.25, -0.2) is 0 Å². The number of benzene rings is 1. The molecule has 0 saturated heterocycles. The number of ether oxygens (including phenoxy) is 2. The Labute approximate surface area is 89.6 Å². The lowest BCUT2D eigenvalue weighted by Crippen LogP contribution is -1.99. The third-order valence-electron chi connectivity index (χ3n) is 2.64. The molecule has 3 heteroatoms. The predicted octanol–water partition coefficient (Wildman–Crippen LogP) is 2.07. The van der Waals surface area contributed by atoms with Crippen LogP contribution in [-0.4, -0.2) is 18.5 Å². The molecule has 0 spiro atoms. The molecule has 1 N–H and O–H groups in total. The summed E-state index contributed by atoms with van der Waals surface area (Å²) in [5, 5.41) is 9.00. The van der Waals surface area contributed by atoms with E-state index in [1.54, 1.807) is 0 Å². The Hall–Kier alpha value is -1.22. The summed E-state index contributed by atoms with van der Waals surface area (Å²) in [6.45, 7) is 4.74. The third-order valence-corrected chi connectivity index (χ3v) is 2.64. The van der Waals surface area contributed by atoms with Crippen LogP contribution in [0.25, 0.3) is 0 Å². The molecule has 0 bridgehead atoms. The number of aliphatic hydroxyl groups is 1. The Morgan fingerprint density at radius 2 is 1.93 bits per heavy atom. The van der Waals surface area contributed by atoms with Crippen molar-refractivity contribution in [2.45, 2.75) is 26.2 Å². The van der Waals surface area contributed by atoms with Gasteiger partial charge in [-0.05, 0) is 35.6 Å². The van der Waals surface area contributed by atoms with Gasteiger partial charge in [0, 0.05) is 6.61 Å². The van der Waals surface area contributed by atoms with Crippen molar-refractivity contribution in [3.63, 3.8) is 0 Å². The van der Waals surface area contributed by atoms with Gasteiger partial charge in [0.1, 0.15) is 0 Å². The van der Waals surface area contributed by atoms with Crippen LogP contribution in [0.3, 0.4) is 0 Å². The molecule has 1 heterocycles. The van der Waals surface area contributed by atoms with E-state index in [9.17, 15) is 0 Å². The van der Waals surface area contributed by atoms with E-state index in [0.717, 1.165) is 17.1 Å². The molecule has 15 heavy (non-hydrogen) atoms. The van der Waals surface area contributed by atoms with E-state index in [1.165, 1.54) is 5.56 Å². The Bertz CT molecular complexity index is 358. The Morgan fingerprint density at radius 1 is 1.27 bits per heavy atom. The molecule has 3 nitrogen and oxygen atoms in total. The average molecular weight is 208 g/mol. The minimum absolute atomic E-state index is 0.166. The standard InChI is InChI=1S/C12H16O3/c1-8(2)10-6-12-11(14-7-15-12)5-9(10)3-4-13/h5-6,8,13H,3-4,7H2,1-2H3. The molecule has 1 aliphatic rings. The second-order valence-corrected chi connectivity index (χ2v) is 4.03. The highest BCUT2D eigenvalue weighted by Gasteiger charge is 2.18. The van der Waals surface area contributed by atoms with Gasteiger partial charge in [0.05, 0.1) is 0 Å². The van der Waals surface area contributed by atoms with Gasteiger partial charge in [0.15, 0.2) is 11.5 Å². The van der Waals surface area contributed by atoms with E-state index in [4.69, 9.17) is 14.6 Å². The van der Waals surface area contributed by atoms with Gasteiger partial charge in [-0.15, -0.1) is 0 Å². The summed E-state index contributed by atoms with van der Waals surface area (Å²) in [7, 11) is 0. The first-order valence-corrected chi connectivity index (χ1v) is 5.25. The topological polar surface area (TPSA) is 38.7 Å². The minimum Gasteiger partial charge on any atom is -0.454 e. The maximum absolute atomic E-state index is 9.00. The smallest absolute Gasteiger partial charge is 0.231 e. The molecule has 0 amide bonds. The van der Waals surface area contributed by atoms with Crippen LogP contribution in [0.1, 0.15) is 30.9 Å². The molecule has 1 aromatic rings. The van der Waals surface area contributed by atoms with Crippen molar-refractivity contribution in [1.29, 1.82) is 0 Å². The van der Waals surface area contributed by atoms with E-state index in [1.807, 2.05) is 12.1 Å². The van der Waals surface area contributed by atoms with Crippen molar-refractivity contribution in [2.75, 3.05) is 13.4 Å². The second kappa shape index (κ2) is 4.11. The van der Waals surface area contributed by atoms with Gasteiger partial charge in [-0.1, -0.05) is 13.8 Å². The summed E-state index contributed by atoms with van der Waals surface area (Å²) in [6, 6.07) is 4.01. The fraction of sp³-hybridized carbons (Fsp3) is 0.500. The molecule has 0 aromatic heterocycles. The number of rotatable bonds is 3. The summed E-state index contributed by atoms with van der Waals surface area (Å²) in [5.41, 5.74) is 2.38. The van der Waals surface area contributed by atoms with E-state index >= 15 is 0 Å². The minimum atomic E-state index is 0.166. The molecule has 0 aliphatic carbocycles. The summed E-state index contributed by atoms with van der Waals surface area (Å²) in [4.78, 5) is 0. The molecule has 1 aromatic carbocycles. The van der Waals surface area contributed by atoms with E-state index in [-0.39, 0.29) is 6.61 Å². The Morgan fingerprint density at radius 3 is 2.53 bits per heavy atom. The Kier molecular flexibility index (Phi) is 2.82. The summed E-state index contributed by atoms with van der Waals surface area (Å²) >= 11 is 0. The quantitative estimate of drug-likeness (QED) is 0.826. The van der Waals surface area contributed by atoms with Gasteiger partial charge < -0.3 is 14.6 Å². The highest BCUT2D eigenvalue weighted by molar-refractivity contribution is 5.49. The van der Waals surface area contributed by atoms with E-state index in [0.29, 0.717) is 19.1 Å². The predicted molar refractivity (Wildman–Crippen MR) is 57.4 cm³/mol. The lowest BCUT2D eigenvalue weighted by atomic mass is 9.95. The average Bonchev–Trinajstić information content (AvgIpc) is 2.63. The number of aliphatic hydroxyl groups excluding tert-OH is 1. The zero-order valence-corrected chi connectivity index (χ0v) is 9.12. The second-order valence-electron chi connectivity index (χ2n) is 4.03. The number of hydrogen-bond acceptors (Lipinski definition) is 3. The first kappa shape index (κ1) is 10.3. The van der Waals surface area contributed by atoms with Crippen molar-refractivity contribution >= 4 is 0 Å². The highest BCUT2D eigenvalue weighted by Crippen LogP contribution is 2.37. The maximum atomic E-state index is 9.00. The number of fused-ring (bicyclic) bond motifs is 1. The van der Waals surface area contributed by atoms with Gasteiger partial charge >= 0.3 is 0 Å². The fourth-order valence-corrected chi connectivity index (χ4v) is 1.87. The van der Waals surface area contributed by atoms with Crippen LogP contribution in [0.15, 0.2) is 12.1 Å². The fourth-order valence-electron chi connectivity index (χ4n) is 1.87. The molecule has 82 valence electrons. The van der Waals surface area contributed by atoms with Crippen LogP contribution in [-0.2, 0) is 6.42 Å². The van der Waals surface area contributed by atoms with Gasteiger partial charge in [0.2, 0.25) is 6.79 Å². The van der Waals surface area contributed by atoms with Crippen LogP contribution in [0.2, 0.25) is 0 Å². The summed E-state index contributed by atoms with van der Waals surface area (Å²) in [5.74, 6) is 2.05. The van der Waals surface area contributed by atoms with Crippen LogP contribution in [0, 0.1) is 0 Å². The Balaban J connectivity index is 2.42. The first-order valence-electron chi connectivity index (χ1n) is 5.25. The molecule has 0 fully saturated rings. The van der Waals surface area contributed by atoms with E-state index < -0.39 is 0 Å². The monoisotopic (exact) mass is 208 g/mol. The highest BCUT2D eigenvalue weighted by atomic mass is 16.7. The molecular weight excluding hydrogens is 192 g/mol. The van der Waals surface area contributed by atoms with Gasteiger partial charge in [-0.2, -0.15) is 0 Å². The molecule has 1 aliphatic heterocycles. The molecule has 0 saturated carbocycles. The number of hydrogen-bond donors (Lipinski definition) is 1. The normalized spacial score (nSPS) is 13.6. The van der Waals surface area contributed by atoms with Crippen molar-refractivity contribution in [2.24, 2.45) is 0 Å². The van der Waals surface area contributed by atoms with Crippen LogP contribution in [0.4, 0.5) is 0 Å². The van der Waals surface area contributed by atoms with Gasteiger partial charge in [-0.3, -0.25) is 0 Å². The molecule has 0 atom stereocenters.